The average Bonchev–Trinajstić information content (AvgIpc) is 3.38. The number of nitrogens with zero attached hydrogens (tertiary/aromatic N) is 3. The van der Waals surface area contributed by atoms with E-state index in [1.54, 1.807) is 25.3 Å². The van der Waals surface area contributed by atoms with E-state index in [4.69, 9.17) is 13.7 Å². The van der Waals surface area contributed by atoms with Crippen LogP contribution in [-0.2, 0) is 16.0 Å². The molecule has 5 rings (SSSR count). The summed E-state index contributed by atoms with van der Waals surface area (Å²) >= 11 is 0. The lowest BCUT2D eigenvalue weighted by molar-refractivity contribution is -0.135. The third kappa shape index (κ3) is 3.55. The van der Waals surface area contributed by atoms with E-state index in [-0.39, 0.29) is 18.7 Å². The van der Waals surface area contributed by atoms with E-state index < -0.39 is 17.7 Å². The maximum atomic E-state index is 12.4. The van der Waals surface area contributed by atoms with Crippen molar-refractivity contribution in [2.45, 2.75) is 25.3 Å². The molecule has 10 nitrogen and oxygen atoms in total. The van der Waals surface area contributed by atoms with E-state index in [9.17, 15) is 14.4 Å². The molecule has 162 valence electrons. The number of rotatable bonds is 5. The highest BCUT2D eigenvalue weighted by atomic mass is 16.5. The molecule has 0 saturated carbocycles. The van der Waals surface area contributed by atoms with Crippen LogP contribution < -0.4 is 15.8 Å². The Bertz CT molecular complexity index is 1380. The Hall–Kier alpha value is -4.21. The van der Waals surface area contributed by atoms with E-state index in [0.29, 0.717) is 29.2 Å². The fourth-order valence-electron chi connectivity index (χ4n) is 3.77. The Labute approximate surface area is 180 Å². The lowest BCUT2D eigenvalue weighted by Crippen LogP contribution is -2.43. The molecule has 32 heavy (non-hydrogen) atoms. The van der Waals surface area contributed by atoms with Crippen LogP contribution >= 0.6 is 0 Å². The van der Waals surface area contributed by atoms with Gasteiger partial charge in [-0.3, -0.25) is 19.5 Å². The molecule has 4 aromatic rings. The highest BCUT2D eigenvalue weighted by Crippen LogP contribution is 2.25. The largest absolute Gasteiger partial charge is 0.497 e. The molecule has 1 aliphatic heterocycles. The molecule has 0 bridgehead atoms. The molecule has 1 N–H and O–H groups in total. The molecule has 0 radical (unpaired) electrons. The molecule has 1 aliphatic rings. The van der Waals surface area contributed by atoms with Gasteiger partial charge in [0, 0.05) is 12.0 Å². The van der Waals surface area contributed by atoms with Crippen LogP contribution in [0, 0.1) is 0 Å². The molecule has 3 heterocycles. The van der Waals surface area contributed by atoms with Gasteiger partial charge in [0.25, 0.3) is 0 Å². The lowest BCUT2D eigenvalue weighted by Gasteiger charge is -2.21. The van der Waals surface area contributed by atoms with Crippen LogP contribution in [0.4, 0.5) is 0 Å². The van der Waals surface area contributed by atoms with Crippen molar-refractivity contribution in [3.63, 3.8) is 0 Å². The van der Waals surface area contributed by atoms with Gasteiger partial charge in [0.05, 0.1) is 19.0 Å². The van der Waals surface area contributed by atoms with Gasteiger partial charge in [0.15, 0.2) is 5.58 Å². The molecule has 1 unspecified atom stereocenters. The van der Waals surface area contributed by atoms with Gasteiger partial charge >= 0.3 is 5.76 Å². The Morgan fingerprint density at radius 1 is 1.16 bits per heavy atom. The van der Waals surface area contributed by atoms with Crippen molar-refractivity contribution < 1.29 is 23.3 Å². The van der Waals surface area contributed by atoms with E-state index in [2.05, 4.69) is 15.5 Å². The first-order valence-electron chi connectivity index (χ1n) is 9.96. The van der Waals surface area contributed by atoms with Crippen molar-refractivity contribution in [2.24, 2.45) is 0 Å². The van der Waals surface area contributed by atoms with Crippen LogP contribution in [0.2, 0.25) is 0 Å². The second-order valence-electron chi connectivity index (χ2n) is 7.42. The second kappa shape index (κ2) is 7.80. The molecular formula is C22H18N4O6. The number of oxazole rings is 1. The van der Waals surface area contributed by atoms with Gasteiger partial charge in [-0.1, -0.05) is 11.2 Å². The number of ether oxygens (including phenoxy) is 1. The SMILES string of the molecule is COc1ccc(-c2noc(Cc3ccc4oc(=O)n(C5CCC(=O)NC5=O)c4c3)n2)cc1. The van der Waals surface area contributed by atoms with E-state index in [1.807, 2.05) is 24.3 Å². The first kappa shape index (κ1) is 19.7. The molecule has 10 heteroatoms. The molecule has 1 atom stereocenters. The normalized spacial score (nSPS) is 16.3. The number of methoxy groups -OCH3 is 1. The van der Waals surface area contributed by atoms with Crippen LogP contribution in [0.5, 0.6) is 5.75 Å². The Morgan fingerprint density at radius 2 is 1.97 bits per heavy atom. The molecule has 0 spiro atoms. The number of carbonyl (C=O) groups excluding carboxylic acids is 2. The Kier molecular flexibility index (Phi) is 4.81. The summed E-state index contributed by atoms with van der Waals surface area (Å²) in [4.78, 5) is 40.6. The number of nitrogens with one attached hydrogen (secondary N) is 1. The number of hydrogen-bond donors (Lipinski definition) is 1. The maximum absolute atomic E-state index is 12.4. The third-order valence-electron chi connectivity index (χ3n) is 5.37. The fraction of sp³-hybridized carbons (Fsp3) is 0.227. The summed E-state index contributed by atoms with van der Waals surface area (Å²) in [5.41, 5.74) is 2.41. The summed E-state index contributed by atoms with van der Waals surface area (Å²) in [7, 11) is 1.60. The second-order valence-corrected chi connectivity index (χ2v) is 7.42. The smallest absolute Gasteiger partial charge is 0.420 e. The Morgan fingerprint density at radius 3 is 2.72 bits per heavy atom. The van der Waals surface area contributed by atoms with Gasteiger partial charge < -0.3 is 13.7 Å². The number of fused-ring (bicyclic) bond motifs is 1. The highest BCUT2D eigenvalue weighted by Gasteiger charge is 2.31. The first-order valence-corrected chi connectivity index (χ1v) is 9.96. The summed E-state index contributed by atoms with van der Waals surface area (Å²) < 4.78 is 17.1. The van der Waals surface area contributed by atoms with Crippen molar-refractivity contribution in [3.8, 4) is 17.1 Å². The topological polar surface area (TPSA) is 129 Å². The number of amides is 2. The molecule has 2 aromatic heterocycles. The summed E-state index contributed by atoms with van der Waals surface area (Å²) in [5.74, 6) is 0.0644. The zero-order chi connectivity index (χ0) is 22.2. The maximum Gasteiger partial charge on any atom is 0.420 e. The van der Waals surface area contributed by atoms with Crippen molar-refractivity contribution in [1.29, 1.82) is 0 Å². The Balaban J connectivity index is 1.43. The van der Waals surface area contributed by atoms with E-state index in [0.717, 1.165) is 16.9 Å². The van der Waals surface area contributed by atoms with Crippen LogP contribution in [0.1, 0.15) is 30.3 Å². The minimum Gasteiger partial charge on any atom is -0.497 e. The quantitative estimate of drug-likeness (QED) is 0.473. The van der Waals surface area contributed by atoms with Crippen LogP contribution in [0.3, 0.4) is 0 Å². The highest BCUT2D eigenvalue weighted by molar-refractivity contribution is 6.00. The number of piperidine rings is 1. The lowest BCUT2D eigenvalue weighted by atomic mass is 10.1. The summed E-state index contributed by atoms with van der Waals surface area (Å²) in [6.07, 6.45) is 0.720. The number of carbonyl (C=O) groups is 2. The molecule has 2 aromatic carbocycles. The monoisotopic (exact) mass is 434 g/mol. The van der Waals surface area contributed by atoms with Crippen LogP contribution in [0.25, 0.3) is 22.5 Å². The van der Waals surface area contributed by atoms with Crippen LogP contribution in [0.15, 0.2) is 56.2 Å². The molecule has 2 amide bonds. The van der Waals surface area contributed by atoms with Crippen molar-refractivity contribution in [2.75, 3.05) is 7.11 Å². The molecular weight excluding hydrogens is 416 g/mol. The van der Waals surface area contributed by atoms with Crippen molar-refractivity contribution >= 4 is 22.9 Å². The van der Waals surface area contributed by atoms with E-state index >= 15 is 0 Å². The molecule has 1 fully saturated rings. The summed E-state index contributed by atoms with van der Waals surface area (Å²) in [6.45, 7) is 0. The van der Waals surface area contributed by atoms with Gasteiger partial charge in [0.2, 0.25) is 23.5 Å². The van der Waals surface area contributed by atoms with Crippen molar-refractivity contribution in [3.05, 3.63) is 64.5 Å². The van der Waals surface area contributed by atoms with Gasteiger partial charge in [0.1, 0.15) is 11.8 Å². The summed E-state index contributed by atoms with van der Waals surface area (Å²) in [5, 5.41) is 6.30. The van der Waals surface area contributed by atoms with Gasteiger partial charge in [-0.2, -0.15) is 4.98 Å². The van der Waals surface area contributed by atoms with Crippen LogP contribution in [-0.4, -0.2) is 33.6 Å². The average molecular weight is 434 g/mol. The number of benzene rings is 2. The molecule has 1 saturated heterocycles. The standard InChI is InChI=1S/C22H18N4O6/c1-30-14-5-3-13(4-6-14)20-24-19(32-25-20)11-12-2-8-17-16(10-12)26(22(29)31-17)15-7-9-18(27)23-21(15)28/h2-6,8,10,15H,7,9,11H2,1H3,(H,23,27,28). The van der Waals surface area contributed by atoms with E-state index in [1.165, 1.54) is 4.57 Å². The zero-order valence-electron chi connectivity index (χ0n) is 17.0. The van der Waals surface area contributed by atoms with Gasteiger partial charge in [-0.05, 0) is 48.4 Å². The first-order chi connectivity index (χ1) is 15.5. The summed E-state index contributed by atoms with van der Waals surface area (Å²) in [6, 6.07) is 11.7. The molecule has 0 aliphatic carbocycles. The number of imide groups is 1. The zero-order valence-corrected chi connectivity index (χ0v) is 17.0. The van der Waals surface area contributed by atoms with Crippen molar-refractivity contribution in [1.82, 2.24) is 20.0 Å². The fourth-order valence-corrected chi connectivity index (χ4v) is 3.77. The predicted molar refractivity (Wildman–Crippen MR) is 111 cm³/mol. The number of hydrogen-bond acceptors (Lipinski definition) is 8. The third-order valence-corrected chi connectivity index (χ3v) is 5.37. The minimum atomic E-state index is -0.804. The minimum absolute atomic E-state index is 0.158. The number of aromatic nitrogens is 3. The predicted octanol–water partition coefficient (Wildman–Crippen LogP) is 2.22. The van der Waals surface area contributed by atoms with Gasteiger partial charge in [-0.15, -0.1) is 0 Å². The van der Waals surface area contributed by atoms with Gasteiger partial charge in [-0.25, -0.2) is 4.79 Å².